The van der Waals surface area contributed by atoms with E-state index in [0.717, 1.165) is 30.4 Å². The third-order valence-electron chi connectivity index (χ3n) is 6.08. The molecule has 0 saturated heterocycles. The number of sulfonamides is 1. The van der Waals surface area contributed by atoms with Crippen molar-refractivity contribution in [3.8, 4) is 5.75 Å². The molecule has 2 aromatic carbocycles. The van der Waals surface area contributed by atoms with Crippen LogP contribution in [-0.4, -0.2) is 32.6 Å². The summed E-state index contributed by atoms with van der Waals surface area (Å²) in [4.78, 5) is 11.1. The normalized spacial score (nSPS) is 13.1. The Morgan fingerprint density at radius 1 is 1.09 bits per heavy atom. The van der Waals surface area contributed by atoms with Gasteiger partial charge in [-0.3, -0.25) is 4.31 Å². The summed E-state index contributed by atoms with van der Waals surface area (Å²) in [7, 11) is -3.93. The molecule has 35 heavy (non-hydrogen) atoms. The van der Waals surface area contributed by atoms with Crippen LogP contribution in [0.25, 0.3) is 0 Å². The second kappa shape index (κ2) is 10.2. The van der Waals surface area contributed by atoms with Gasteiger partial charge >= 0.3 is 5.97 Å². The minimum Gasteiger partial charge on any atom is -0.491 e. The molecule has 1 N–H and O–H groups in total. The number of benzene rings is 2. The van der Waals surface area contributed by atoms with E-state index < -0.39 is 16.0 Å². The summed E-state index contributed by atoms with van der Waals surface area (Å²) >= 11 is 0. The van der Waals surface area contributed by atoms with E-state index in [9.17, 15) is 13.2 Å². The van der Waals surface area contributed by atoms with Gasteiger partial charge in [0.2, 0.25) is 5.09 Å². The molecule has 186 valence electrons. The van der Waals surface area contributed by atoms with E-state index in [-0.39, 0.29) is 23.1 Å². The van der Waals surface area contributed by atoms with Gasteiger partial charge in [-0.25, -0.2) is 4.79 Å². The van der Waals surface area contributed by atoms with Crippen LogP contribution in [0.1, 0.15) is 53.1 Å². The molecule has 0 aliphatic heterocycles. The monoisotopic (exact) mass is 497 g/mol. The van der Waals surface area contributed by atoms with Gasteiger partial charge in [-0.1, -0.05) is 26.0 Å². The summed E-state index contributed by atoms with van der Waals surface area (Å²) in [6, 6.07) is 13.7. The second-order valence-corrected chi connectivity index (χ2v) is 11.1. The van der Waals surface area contributed by atoms with E-state index in [0.29, 0.717) is 30.2 Å². The van der Waals surface area contributed by atoms with Crippen LogP contribution >= 0.6 is 0 Å². The van der Waals surface area contributed by atoms with E-state index in [1.165, 1.54) is 15.9 Å². The van der Waals surface area contributed by atoms with Crippen LogP contribution in [0.15, 0.2) is 58.0 Å². The van der Waals surface area contributed by atoms with Crippen molar-refractivity contribution < 1.29 is 27.5 Å². The quantitative estimate of drug-likeness (QED) is 0.411. The molecule has 7 nitrogen and oxygen atoms in total. The van der Waals surface area contributed by atoms with E-state index in [4.69, 9.17) is 14.3 Å². The average Bonchev–Trinajstić information content (AvgIpc) is 3.46. The molecule has 4 rings (SSSR count). The highest BCUT2D eigenvalue weighted by atomic mass is 32.2. The van der Waals surface area contributed by atoms with Crippen molar-refractivity contribution in [3.05, 3.63) is 76.5 Å². The summed E-state index contributed by atoms with van der Waals surface area (Å²) in [5.74, 6) is 0.177. The lowest BCUT2D eigenvalue weighted by Gasteiger charge is -2.28. The van der Waals surface area contributed by atoms with Crippen molar-refractivity contribution in [2.75, 3.05) is 17.5 Å². The first-order chi connectivity index (χ1) is 16.6. The van der Waals surface area contributed by atoms with Crippen LogP contribution in [0, 0.1) is 12.8 Å². The van der Waals surface area contributed by atoms with Crippen LogP contribution in [0.4, 0.5) is 5.69 Å². The molecule has 1 aromatic heterocycles. The lowest BCUT2D eigenvalue weighted by molar-refractivity contribution is 0.0697. The third kappa shape index (κ3) is 5.53. The van der Waals surface area contributed by atoms with Crippen molar-refractivity contribution in [1.29, 1.82) is 0 Å². The smallest absolute Gasteiger partial charge is 0.335 e. The number of aromatic carboxylic acids is 1. The first-order valence-corrected chi connectivity index (χ1v) is 13.3. The molecule has 0 atom stereocenters. The van der Waals surface area contributed by atoms with E-state index >= 15 is 0 Å². The fraction of sp³-hybridized carbons (Fsp3) is 0.370. The molecule has 0 amide bonds. The molecule has 1 aliphatic carbocycles. The number of carboxylic acid groups (broad SMARTS) is 1. The van der Waals surface area contributed by atoms with Crippen LogP contribution in [0.2, 0.25) is 0 Å². The number of hydrogen-bond acceptors (Lipinski definition) is 5. The van der Waals surface area contributed by atoms with Crippen LogP contribution in [0.3, 0.4) is 0 Å². The first-order valence-electron chi connectivity index (χ1n) is 11.8. The van der Waals surface area contributed by atoms with E-state index in [1.54, 1.807) is 37.3 Å². The second-order valence-electron chi connectivity index (χ2n) is 9.34. The number of anilines is 1. The van der Waals surface area contributed by atoms with Gasteiger partial charge in [-0.2, -0.15) is 8.42 Å². The SMILES string of the molecule is Cc1ccc(S(=O)(=O)N(CC(C)C)c2cc3c(cc2OCCc2ccc(C(=O)O)cc2)CCC3)o1. The molecule has 0 radical (unpaired) electrons. The standard InChI is InChI=1S/C27H31NO6S/c1-18(2)17-28(35(31,32)26-12-7-19(3)34-26)24-15-22-5-4-6-23(22)16-25(24)33-14-13-20-8-10-21(11-9-20)27(29)30/h7-12,15-16,18H,4-6,13-14,17H2,1-3H3,(H,29,30). The largest absolute Gasteiger partial charge is 0.491 e. The third-order valence-corrected chi connectivity index (χ3v) is 7.74. The van der Waals surface area contributed by atoms with Gasteiger partial charge < -0.3 is 14.3 Å². The number of fused-ring (bicyclic) bond motifs is 1. The highest BCUT2D eigenvalue weighted by Crippen LogP contribution is 2.39. The molecule has 1 aliphatic rings. The molecule has 3 aromatic rings. The van der Waals surface area contributed by atoms with Gasteiger partial charge in [0.15, 0.2) is 0 Å². The molecule has 0 saturated carbocycles. The zero-order chi connectivity index (χ0) is 25.2. The van der Waals surface area contributed by atoms with Gasteiger partial charge in [-0.05, 0) is 85.2 Å². The van der Waals surface area contributed by atoms with Crippen molar-refractivity contribution in [2.45, 2.75) is 51.5 Å². The summed E-state index contributed by atoms with van der Waals surface area (Å²) in [6.45, 7) is 6.29. The van der Waals surface area contributed by atoms with E-state index in [2.05, 4.69) is 0 Å². The molecule has 0 spiro atoms. The van der Waals surface area contributed by atoms with Gasteiger partial charge in [0.05, 0.1) is 17.9 Å². The Balaban J connectivity index is 1.65. The summed E-state index contributed by atoms with van der Waals surface area (Å²) in [5.41, 5.74) is 4.03. The molecule has 0 fully saturated rings. The number of aryl methyl sites for hydroxylation is 3. The predicted octanol–water partition coefficient (Wildman–Crippen LogP) is 5.25. The van der Waals surface area contributed by atoms with Gasteiger partial charge in [0, 0.05) is 13.0 Å². The Hall–Kier alpha value is -3.26. The van der Waals surface area contributed by atoms with Gasteiger partial charge in [0.25, 0.3) is 10.0 Å². The van der Waals surface area contributed by atoms with Crippen molar-refractivity contribution in [2.24, 2.45) is 5.92 Å². The van der Waals surface area contributed by atoms with Gasteiger partial charge in [0.1, 0.15) is 11.5 Å². The number of ether oxygens (including phenoxy) is 1. The van der Waals surface area contributed by atoms with Crippen molar-refractivity contribution >= 4 is 21.7 Å². The maximum absolute atomic E-state index is 13.6. The Morgan fingerprint density at radius 2 is 1.77 bits per heavy atom. The molecular weight excluding hydrogens is 466 g/mol. The predicted molar refractivity (Wildman–Crippen MR) is 134 cm³/mol. The number of carbonyl (C=O) groups is 1. The molecule has 0 bridgehead atoms. The molecule has 0 unspecified atom stereocenters. The number of hydrogen-bond donors (Lipinski definition) is 1. The Morgan fingerprint density at radius 3 is 2.37 bits per heavy atom. The van der Waals surface area contributed by atoms with Crippen molar-refractivity contribution in [1.82, 2.24) is 0 Å². The zero-order valence-electron chi connectivity index (χ0n) is 20.3. The summed E-state index contributed by atoms with van der Waals surface area (Å²) in [5, 5.41) is 9.00. The van der Waals surface area contributed by atoms with Gasteiger partial charge in [-0.15, -0.1) is 0 Å². The molecule has 8 heteroatoms. The number of furan rings is 1. The number of carboxylic acids is 1. The molecular formula is C27H31NO6S. The Labute approximate surface area is 206 Å². The Kier molecular flexibility index (Phi) is 7.21. The minimum absolute atomic E-state index is 0.0784. The van der Waals surface area contributed by atoms with Crippen LogP contribution in [0.5, 0.6) is 5.75 Å². The lowest BCUT2D eigenvalue weighted by atomic mass is 10.1. The minimum atomic E-state index is -3.93. The maximum Gasteiger partial charge on any atom is 0.335 e. The van der Waals surface area contributed by atoms with Crippen LogP contribution in [-0.2, 0) is 29.3 Å². The summed E-state index contributed by atoms with van der Waals surface area (Å²) in [6.07, 6.45) is 3.44. The van der Waals surface area contributed by atoms with Crippen molar-refractivity contribution in [3.63, 3.8) is 0 Å². The maximum atomic E-state index is 13.6. The van der Waals surface area contributed by atoms with E-state index in [1.807, 2.05) is 26.0 Å². The zero-order valence-corrected chi connectivity index (χ0v) is 21.1. The highest BCUT2D eigenvalue weighted by molar-refractivity contribution is 7.92. The first kappa shape index (κ1) is 24.9. The fourth-order valence-corrected chi connectivity index (χ4v) is 5.90. The highest BCUT2D eigenvalue weighted by Gasteiger charge is 2.32. The summed E-state index contributed by atoms with van der Waals surface area (Å²) < 4.78 is 40.4. The molecule has 1 heterocycles. The topological polar surface area (TPSA) is 97.0 Å². The number of nitrogens with zero attached hydrogens (tertiary/aromatic N) is 1. The van der Waals surface area contributed by atoms with Crippen LogP contribution < -0.4 is 9.04 Å². The Bertz CT molecular complexity index is 1310. The lowest BCUT2D eigenvalue weighted by Crippen LogP contribution is -2.34. The fourth-order valence-electron chi connectivity index (χ4n) is 4.31. The average molecular weight is 498 g/mol. The number of rotatable bonds is 10.